The number of aromatic nitrogens is 4. The largest absolute Gasteiger partial charge is 0.350 e. The summed E-state index contributed by atoms with van der Waals surface area (Å²) in [5.41, 5.74) is 6.73. The molecule has 0 aliphatic heterocycles. The van der Waals surface area contributed by atoms with Gasteiger partial charge >= 0.3 is 0 Å². The third-order valence-corrected chi connectivity index (χ3v) is 4.13. The van der Waals surface area contributed by atoms with Crippen molar-refractivity contribution in [2.45, 2.75) is 32.2 Å². The molecule has 1 aliphatic carbocycles. The van der Waals surface area contributed by atoms with E-state index >= 15 is 0 Å². The number of hydrogen-bond donors (Lipinski definition) is 1. The highest BCUT2D eigenvalue weighted by Gasteiger charge is 2.32. The molecule has 1 fully saturated rings. The fraction of sp³-hybridized carbons (Fsp3) is 0.615. The van der Waals surface area contributed by atoms with Crippen molar-refractivity contribution in [2.75, 3.05) is 18.0 Å². The van der Waals surface area contributed by atoms with Crippen molar-refractivity contribution < 1.29 is 0 Å². The summed E-state index contributed by atoms with van der Waals surface area (Å²) in [6, 6.07) is 0.477. The van der Waals surface area contributed by atoms with Crippen LogP contribution in [0.3, 0.4) is 0 Å². The second kappa shape index (κ2) is 5.13. The fourth-order valence-electron chi connectivity index (χ4n) is 3.19. The van der Waals surface area contributed by atoms with Gasteiger partial charge in [-0.2, -0.15) is 0 Å². The number of nitrogens with two attached hydrogens (primary N) is 1. The van der Waals surface area contributed by atoms with Crippen molar-refractivity contribution >= 4 is 11.5 Å². The zero-order chi connectivity index (χ0) is 13.2. The third kappa shape index (κ3) is 2.06. The quantitative estimate of drug-likeness (QED) is 0.890. The van der Waals surface area contributed by atoms with Crippen LogP contribution in [-0.4, -0.2) is 38.7 Å². The van der Waals surface area contributed by atoms with Gasteiger partial charge in [0.2, 0.25) is 5.65 Å². The first-order valence-corrected chi connectivity index (χ1v) is 6.96. The van der Waals surface area contributed by atoms with E-state index in [0.29, 0.717) is 12.0 Å². The van der Waals surface area contributed by atoms with E-state index in [1.807, 2.05) is 10.6 Å². The topological polar surface area (TPSA) is 72.3 Å². The summed E-state index contributed by atoms with van der Waals surface area (Å²) in [5.74, 6) is 1.48. The van der Waals surface area contributed by atoms with Crippen LogP contribution in [0.2, 0.25) is 0 Å². The molecule has 2 aromatic rings. The molecule has 0 radical (unpaired) electrons. The predicted octanol–water partition coefficient (Wildman–Crippen LogP) is 1.08. The summed E-state index contributed by atoms with van der Waals surface area (Å²) in [6.07, 6.45) is 9.05. The average molecular weight is 260 g/mol. The molecule has 0 spiro atoms. The summed E-state index contributed by atoms with van der Waals surface area (Å²) in [7, 11) is 0. The Morgan fingerprint density at radius 3 is 3.16 bits per heavy atom. The Morgan fingerprint density at radius 1 is 1.47 bits per heavy atom. The Hall–Kier alpha value is -1.69. The SMILES string of the molecule is CCN(c1nccn2cnnc12)C1CCCC1CN. The van der Waals surface area contributed by atoms with E-state index in [2.05, 4.69) is 27.0 Å². The molecule has 2 unspecified atom stereocenters. The summed E-state index contributed by atoms with van der Waals surface area (Å²) in [4.78, 5) is 6.87. The van der Waals surface area contributed by atoms with E-state index in [-0.39, 0.29) is 0 Å². The van der Waals surface area contributed by atoms with Crippen LogP contribution in [-0.2, 0) is 0 Å². The van der Waals surface area contributed by atoms with Crippen LogP contribution < -0.4 is 10.6 Å². The van der Waals surface area contributed by atoms with Crippen molar-refractivity contribution in [2.24, 2.45) is 11.7 Å². The zero-order valence-corrected chi connectivity index (χ0v) is 11.2. The van der Waals surface area contributed by atoms with Crippen molar-refractivity contribution in [3.63, 3.8) is 0 Å². The lowest BCUT2D eigenvalue weighted by Crippen LogP contribution is -2.41. The van der Waals surface area contributed by atoms with Crippen molar-refractivity contribution in [1.82, 2.24) is 19.6 Å². The van der Waals surface area contributed by atoms with Gasteiger partial charge in [-0.15, -0.1) is 10.2 Å². The smallest absolute Gasteiger partial charge is 0.203 e. The van der Waals surface area contributed by atoms with Crippen molar-refractivity contribution in [1.29, 1.82) is 0 Å². The molecule has 2 atom stereocenters. The van der Waals surface area contributed by atoms with Crippen LogP contribution in [0.1, 0.15) is 26.2 Å². The molecular weight excluding hydrogens is 240 g/mol. The maximum absolute atomic E-state index is 5.91. The average Bonchev–Trinajstić information content (AvgIpc) is 3.08. The highest BCUT2D eigenvalue weighted by molar-refractivity contribution is 5.63. The van der Waals surface area contributed by atoms with E-state index in [9.17, 15) is 0 Å². The van der Waals surface area contributed by atoms with Crippen LogP contribution in [0, 0.1) is 5.92 Å². The Bertz CT molecular complexity index is 551. The number of nitrogens with zero attached hydrogens (tertiary/aromatic N) is 5. The van der Waals surface area contributed by atoms with Gasteiger partial charge in [0.25, 0.3) is 0 Å². The molecule has 2 heterocycles. The molecule has 0 amide bonds. The van der Waals surface area contributed by atoms with Crippen molar-refractivity contribution in [3.8, 4) is 0 Å². The van der Waals surface area contributed by atoms with Crippen LogP contribution in [0.4, 0.5) is 5.82 Å². The Balaban J connectivity index is 2.00. The maximum Gasteiger partial charge on any atom is 0.203 e. The van der Waals surface area contributed by atoms with Gasteiger partial charge in [-0.1, -0.05) is 6.42 Å². The normalized spacial score (nSPS) is 23.1. The van der Waals surface area contributed by atoms with Gasteiger partial charge in [0.1, 0.15) is 6.33 Å². The van der Waals surface area contributed by atoms with Crippen molar-refractivity contribution in [3.05, 3.63) is 18.7 Å². The van der Waals surface area contributed by atoms with E-state index in [1.54, 1.807) is 12.5 Å². The van der Waals surface area contributed by atoms with Gasteiger partial charge in [-0.3, -0.25) is 4.40 Å². The molecule has 3 rings (SSSR count). The van der Waals surface area contributed by atoms with Gasteiger partial charge in [-0.05, 0) is 32.2 Å². The van der Waals surface area contributed by atoms with Gasteiger partial charge in [0.15, 0.2) is 5.82 Å². The molecule has 1 aliphatic rings. The fourth-order valence-corrected chi connectivity index (χ4v) is 3.19. The summed E-state index contributed by atoms with van der Waals surface area (Å²) >= 11 is 0. The minimum Gasteiger partial charge on any atom is -0.350 e. The second-order valence-electron chi connectivity index (χ2n) is 5.09. The molecule has 0 bridgehead atoms. The zero-order valence-electron chi connectivity index (χ0n) is 11.2. The van der Waals surface area contributed by atoms with Gasteiger partial charge in [-0.25, -0.2) is 4.98 Å². The first-order chi connectivity index (χ1) is 9.35. The maximum atomic E-state index is 5.91. The molecule has 0 saturated heterocycles. The van der Waals surface area contributed by atoms with Crippen LogP contribution in [0.15, 0.2) is 18.7 Å². The molecule has 0 aromatic carbocycles. The number of anilines is 1. The lowest BCUT2D eigenvalue weighted by molar-refractivity contribution is 0.460. The predicted molar refractivity (Wildman–Crippen MR) is 74.0 cm³/mol. The number of hydrogen-bond acceptors (Lipinski definition) is 5. The number of rotatable bonds is 4. The second-order valence-corrected chi connectivity index (χ2v) is 5.09. The van der Waals surface area contributed by atoms with E-state index in [1.165, 1.54) is 19.3 Å². The molecular formula is C13H20N6. The number of fused-ring (bicyclic) bond motifs is 1. The molecule has 2 aromatic heterocycles. The monoisotopic (exact) mass is 260 g/mol. The summed E-state index contributed by atoms with van der Waals surface area (Å²) in [5, 5.41) is 8.15. The first-order valence-electron chi connectivity index (χ1n) is 6.96. The lowest BCUT2D eigenvalue weighted by atomic mass is 10.0. The molecule has 1 saturated carbocycles. The van der Waals surface area contributed by atoms with Crippen LogP contribution in [0.5, 0.6) is 0 Å². The minimum absolute atomic E-state index is 0.477. The Labute approximate surface area is 112 Å². The lowest BCUT2D eigenvalue weighted by Gasteiger charge is -2.32. The Morgan fingerprint density at radius 2 is 2.37 bits per heavy atom. The first kappa shape index (κ1) is 12.3. The minimum atomic E-state index is 0.477. The molecule has 2 N–H and O–H groups in total. The van der Waals surface area contributed by atoms with Gasteiger partial charge in [0.05, 0.1) is 0 Å². The molecule has 6 nitrogen and oxygen atoms in total. The highest BCUT2D eigenvalue weighted by atomic mass is 15.3. The molecule has 6 heteroatoms. The van der Waals surface area contributed by atoms with Gasteiger partial charge in [0, 0.05) is 25.0 Å². The molecule has 102 valence electrons. The highest BCUT2D eigenvalue weighted by Crippen LogP contribution is 2.32. The molecule has 19 heavy (non-hydrogen) atoms. The summed E-state index contributed by atoms with van der Waals surface area (Å²) in [6.45, 7) is 3.82. The van der Waals surface area contributed by atoms with Gasteiger partial charge < -0.3 is 10.6 Å². The van der Waals surface area contributed by atoms with E-state index < -0.39 is 0 Å². The Kier molecular flexibility index (Phi) is 3.33. The third-order valence-electron chi connectivity index (χ3n) is 4.13. The van der Waals surface area contributed by atoms with E-state index in [0.717, 1.165) is 24.6 Å². The van der Waals surface area contributed by atoms with Crippen LogP contribution in [0.25, 0.3) is 5.65 Å². The standard InChI is InChI=1S/C13H20N6/c1-2-19(11-5-3-4-10(11)8-14)12-13-17-16-9-18(13)7-6-15-12/h6-7,9-11H,2-5,8,14H2,1H3. The summed E-state index contributed by atoms with van der Waals surface area (Å²) < 4.78 is 1.91. The van der Waals surface area contributed by atoms with Crippen LogP contribution >= 0.6 is 0 Å². The van der Waals surface area contributed by atoms with E-state index in [4.69, 9.17) is 5.73 Å².